The van der Waals surface area contributed by atoms with Crippen LogP contribution >= 0.6 is 0 Å². The molecule has 0 bridgehead atoms. The van der Waals surface area contributed by atoms with Gasteiger partial charge in [0.15, 0.2) is 0 Å². The van der Waals surface area contributed by atoms with Crippen LogP contribution in [0.2, 0.25) is 0 Å². The molecule has 24 heavy (non-hydrogen) atoms. The molecule has 0 aromatic heterocycles. The zero-order valence-corrected chi connectivity index (χ0v) is 16.4. The van der Waals surface area contributed by atoms with Gasteiger partial charge >= 0.3 is 0 Å². The Balaban J connectivity index is -0.000000309. The third kappa shape index (κ3) is 7.99. The van der Waals surface area contributed by atoms with E-state index in [9.17, 15) is 0 Å². The number of hydrogen-bond acceptors (Lipinski definition) is 0. The normalized spacial score (nSPS) is 13.2. The molecule has 0 spiro atoms. The van der Waals surface area contributed by atoms with Gasteiger partial charge in [0.05, 0.1) is 0 Å². The molecule has 0 N–H and O–H groups in total. The van der Waals surface area contributed by atoms with Crippen molar-refractivity contribution in [3.63, 3.8) is 0 Å². The number of allylic oxidation sites excluding steroid dienone is 8. The highest BCUT2D eigenvalue weighted by Crippen LogP contribution is 2.42. The van der Waals surface area contributed by atoms with Gasteiger partial charge in [0.1, 0.15) is 0 Å². The van der Waals surface area contributed by atoms with Crippen LogP contribution in [0.4, 0.5) is 0 Å². The molecule has 1 aliphatic carbocycles. The van der Waals surface area contributed by atoms with Gasteiger partial charge < -0.3 is 0 Å². The summed E-state index contributed by atoms with van der Waals surface area (Å²) in [5.41, 5.74) is 8.30. The van der Waals surface area contributed by atoms with Crippen LogP contribution in [0.25, 0.3) is 0 Å². The molecule has 0 amide bonds. The molecular weight excluding hydrogens is 288 g/mol. The average Bonchev–Trinajstić information content (AvgIpc) is 2.75. The lowest BCUT2D eigenvalue weighted by Crippen LogP contribution is -1.92. The SMILES string of the molecule is C.C.C=CC/C(=C/CC)C1=C(C)C(CCC)=C(C)C1=C.CC.CC. The van der Waals surface area contributed by atoms with Crippen LogP contribution in [0.3, 0.4) is 0 Å². The fourth-order valence-corrected chi connectivity index (χ4v) is 2.78. The van der Waals surface area contributed by atoms with E-state index >= 15 is 0 Å². The standard InChI is InChI=1S/C18H26.2C2H6.2CH4/c1-7-10-16(11-8-2)18-14(5)13(4)17(12-9-3)15(18)6;2*1-2;;/h7,11H,1,5,8-10,12H2,2-4,6H3;2*1-2H3;2*1H4/b16-11-;;;;. The fourth-order valence-electron chi connectivity index (χ4n) is 2.78. The molecule has 1 aliphatic rings. The van der Waals surface area contributed by atoms with Crippen LogP contribution in [-0.2, 0) is 0 Å². The second kappa shape index (κ2) is 18.0. The van der Waals surface area contributed by atoms with Crippen molar-refractivity contribution in [2.24, 2.45) is 0 Å². The van der Waals surface area contributed by atoms with Crippen LogP contribution in [-0.4, -0.2) is 0 Å². The van der Waals surface area contributed by atoms with Gasteiger partial charge in [-0.25, -0.2) is 0 Å². The van der Waals surface area contributed by atoms with E-state index in [0.29, 0.717) is 0 Å². The van der Waals surface area contributed by atoms with Gasteiger partial charge in [0, 0.05) is 0 Å². The van der Waals surface area contributed by atoms with Crippen molar-refractivity contribution < 1.29 is 0 Å². The average molecular weight is 335 g/mol. The summed E-state index contributed by atoms with van der Waals surface area (Å²) in [4.78, 5) is 0. The second-order valence-corrected chi connectivity index (χ2v) is 4.96. The van der Waals surface area contributed by atoms with Gasteiger partial charge in [-0.3, -0.25) is 0 Å². The highest BCUT2D eigenvalue weighted by Gasteiger charge is 2.23. The monoisotopic (exact) mass is 334 g/mol. The predicted octanol–water partition coefficient (Wildman–Crippen LogP) is 9.23. The third-order valence-electron chi connectivity index (χ3n) is 3.67. The molecular formula is C24H46. The molecule has 0 unspecified atom stereocenters. The van der Waals surface area contributed by atoms with E-state index in [-0.39, 0.29) is 14.9 Å². The lowest BCUT2D eigenvalue weighted by Gasteiger charge is -2.11. The molecule has 0 atom stereocenters. The van der Waals surface area contributed by atoms with E-state index in [0.717, 1.165) is 19.3 Å². The molecule has 0 aromatic rings. The van der Waals surface area contributed by atoms with E-state index in [1.807, 2.05) is 33.8 Å². The Hall–Kier alpha value is -1.30. The predicted molar refractivity (Wildman–Crippen MR) is 119 cm³/mol. The molecule has 1 rings (SSSR count). The zero-order chi connectivity index (χ0) is 17.7. The molecule has 0 fully saturated rings. The minimum Gasteiger partial charge on any atom is -0.103 e. The molecule has 0 radical (unpaired) electrons. The Morgan fingerprint density at radius 1 is 0.958 bits per heavy atom. The van der Waals surface area contributed by atoms with Crippen molar-refractivity contribution in [2.75, 3.05) is 0 Å². The van der Waals surface area contributed by atoms with Gasteiger partial charge in [-0.1, -0.05) is 81.5 Å². The van der Waals surface area contributed by atoms with Crippen LogP contribution in [0, 0.1) is 0 Å². The maximum atomic E-state index is 4.29. The largest absolute Gasteiger partial charge is 0.103 e. The Bertz CT molecular complexity index is 439. The van der Waals surface area contributed by atoms with Crippen LogP contribution in [0.5, 0.6) is 0 Å². The summed E-state index contributed by atoms with van der Waals surface area (Å²) in [6.07, 6.45) is 8.66. The van der Waals surface area contributed by atoms with Crippen molar-refractivity contribution in [3.8, 4) is 0 Å². The Kier molecular flexibility index (Phi) is 23.0. The lowest BCUT2D eigenvalue weighted by molar-refractivity contribution is 0.906. The topological polar surface area (TPSA) is 0 Å². The van der Waals surface area contributed by atoms with Crippen molar-refractivity contribution in [1.29, 1.82) is 0 Å². The van der Waals surface area contributed by atoms with E-state index in [1.165, 1.54) is 39.9 Å². The fraction of sp³-hybridized carbons (Fsp3) is 0.583. The summed E-state index contributed by atoms with van der Waals surface area (Å²) in [6.45, 7) is 25.0. The van der Waals surface area contributed by atoms with Crippen LogP contribution < -0.4 is 0 Å². The van der Waals surface area contributed by atoms with Gasteiger partial charge in [-0.2, -0.15) is 0 Å². The first kappa shape index (κ1) is 30.6. The third-order valence-corrected chi connectivity index (χ3v) is 3.67. The maximum absolute atomic E-state index is 4.29. The first-order valence-corrected chi connectivity index (χ1v) is 8.99. The van der Waals surface area contributed by atoms with Crippen molar-refractivity contribution >= 4 is 0 Å². The summed E-state index contributed by atoms with van der Waals surface area (Å²) in [5, 5.41) is 0. The van der Waals surface area contributed by atoms with Crippen molar-refractivity contribution in [1.82, 2.24) is 0 Å². The van der Waals surface area contributed by atoms with E-state index in [2.05, 4.69) is 46.9 Å². The number of rotatable bonds is 6. The highest BCUT2D eigenvalue weighted by molar-refractivity contribution is 5.68. The van der Waals surface area contributed by atoms with Crippen molar-refractivity contribution in [2.45, 2.75) is 95.9 Å². The summed E-state index contributed by atoms with van der Waals surface area (Å²) in [5.74, 6) is 0. The minimum absolute atomic E-state index is 0. The van der Waals surface area contributed by atoms with Gasteiger partial charge in [-0.15, -0.1) is 6.58 Å². The molecule has 0 heteroatoms. The van der Waals surface area contributed by atoms with Crippen LogP contribution in [0.15, 0.2) is 58.7 Å². The van der Waals surface area contributed by atoms with Crippen LogP contribution in [0.1, 0.15) is 95.9 Å². The maximum Gasteiger partial charge on any atom is -0.00970 e. The lowest BCUT2D eigenvalue weighted by atomic mass is 9.93. The molecule has 0 heterocycles. The van der Waals surface area contributed by atoms with E-state index < -0.39 is 0 Å². The quantitative estimate of drug-likeness (QED) is 0.424. The molecule has 0 saturated heterocycles. The van der Waals surface area contributed by atoms with E-state index in [4.69, 9.17) is 0 Å². The first-order chi connectivity index (χ1) is 10.6. The first-order valence-electron chi connectivity index (χ1n) is 8.99. The van der Waals surface area contributed by atoms with Crippen molar-refractivity contribution in [3.05, 3.63) is 58.7 Å². The summed E-state index contributed by atoms with van der Waals surface area (Å²) in [7, 11) is 0. The summed E-state index contributed by atoms with van der Waals surface area (Å²) >= 11 is 0. The smallest absolute Gasteiger partial charge is 0.00970 e. The second-order valence-electron chi connectivity index (χ2n) is 4.96. The van der Waals surface area contributed by atoms with Gasteiger partial charge in [-0.05, 0) is 66.5 Å². The van der Waals surface area contributed by atoms with Gasteiger partial charge in [0.25, 0.3) is 0 Å². The molecule has 0 nitrogen and oxygen atoms in total. The Morgan fingerprint density at radius 3 is 1.83 bits per heavy atom. The number of hydrogen-bond donors (Lipinski definition) is 0. The molecule has 0 aliphatic heterocycles. The minimum atomic E-state index is 0. The Labute approximate surface area is 155 Å². The summed E-state index contributed by atoms with van der Waals surface area (Å²) < 4.78 is 0. The molecule has 142 valence electrons. The highest BCUT2D eigenvalue weighted by atomic mass is 14.3. The molecule has 0 aromatic carbocycles. The summed E-state index contributed by atoms with van der Waals surface area (Å²) in [6, 6.07) is 0. The van der Waals surface area contributed by atoms with E-state index in [1.54, 1.807) is 0 Å². The molecule has 0 saturated carbocycles. The zero-order valence-electron chi connectivity index (χ0n) is 16.4. The van der Waals surface area contributed by atoms with Gasteiger partial charge in [0.2, 0.25) is 0 Å². The Morgan fingerprint density at radius 2 is 1.46 bits per heavy atom.